The molecule has 0 aromatic carbocycles. The van der Waals surface area contributed by atoms with Crippen molar-refractivity contribution in [2.45, 2.75) is 39.0 Å². The number of nitrogens with one attached hydrogen (secondary N) is 1. The highest BCUT2D eigenvalue weighted by atomic mass is 32.2. The molecule has 0 unspecified atom stereocenters. The fourth-order valence-corrected chi connectivity index (χ4v) is 3.26. The number of aromatic nitrogens is 2. The van der Waals surface area contributed by atoms with Crippen molar-refractivity contribution in [3.8, 4) is 0 Å². The molecular weight excluding hydrogens is 264 g/mol. The Kier molecular flexibility index (Phi) is 4.36. The van der Waals surface area contributed by atoms with E-state index >= 15 is 0 Å². The summed E-state index contributed by atoms with van der Waals surface area (Å²) >= 11 is 0. The lowest BCUT2D eigenvalue weighted by atomic mass is 10.2. The lowest BCUT2D eigenvalue weighted by Gasteiger charge is -2.25. The van der Waals surface area contributed by atoms with Gasteiger partial charge in [-0.1, -0.05) is 20.3 Å². The van der Waals surface area contributed by atoms with Gasteiger partial charge in [-0.3, -0.25) is 4.72 Å². The van der Waals surface area contributed by atoms with Gasteiger partial charge in [0.2, 0.25) is 0 Å². The van der Waals surface area contributed by atoms with Gasteiger partial charge < -0.3 is 0 Å². The summed E-state index contributed by atoms with van der Waals surface area (Å²) in [7, 11) is -3.49. The maximum absolute atomic E-state index is 12.2. The quantitative estimate of drug-likeness (QED) is 0.914. The van der Waals surface area contributed by atoms with Crippen LogP contribution in [0.2, 0.25) is 0 Å². The summed E-state index contributed by atoms with van der Waals surface area (Å²) in [5.41, 5.74) is 0. The number of nitrogens with zero attached hydrogens (tertiary/aromatic N) is 3. The maximum Gasteiger partial charge on any atom is 0.302 e. The third-order valence-corrected chi connectivity index (χ3v) is 4.59. The normalized spacial score (nSPS) is 17.6. The van der Waals surface area contributed by atoms with E-state index in [1.165, 1.54) is 4.31 Å². The van der Waals surface area contributed by atoms with Gasteiger partial charge in [0.25, 0.3) is 0 Å². The first kappa shape index (κ1) is 14.2. The van der Waals surface area contributed by atoms with Crippen LogP contribution in [-0.4, -0.2) is 35.8 Å². The number of hydrogen-bond donors (Lipinski definition) is 1. The number of anilines is 1. The van der Waals surface area contributed by atoms with Gasteiger partial charge in [0, 0.05) is 25.2 Å². The van der Waals surface area contributed by atoms with E-state index in [2.05, 4.69) is 14.7 Å². The topological polar surface area (TPSA) is 75.2 Å². The van der Waals surface area contributed by atoms with Crippen LogP contribution in [0, 0.1) is 0 Å². The van der Waals surface area contributed by atoms with Crippen LogP contribution in [0.1, 0.15) is 44.9 Å². The molecule has 1 aromatic rings. The molecule has 6 nitrogen and oxygen atoms in total. The third-order valence-electron chi connectivity index (χ3n) is 3.08. The van der Waals surface area contributed by atoms with Crippen LogP contribution >= 0.6 is 0 Å². The second-order valence-corrected chi connectivity index (χ2v) is 6.69. The Hall–Kier alpha value is -1.21. The lowest BCUT2D eigenvalue weighted by Crippen LogP contribution is -2.39. The van der Waals surface area contributed by atoms with E-state index in [0.717, 1.165) is 19.3 Å². The second kappa shape index (κ2) is 5.83. The van der Waals surface area contributed by atoms with E-state index in [9.17, 15) is 8.42 Å². The smallest absolute Gasteiger partial charge is 0.254 e. The van der Waals surface area contributed by atoms with Gasteiger partial charge in [0.05, 0.1) is 0 Å². The Balaban J connectivity index is 2.13. The first-order valence-electron chi connectivity index (χ1n) is 6.60. The molecule has 0 saturated carbocycles. The van der Waals surface area contributed by atoms with Gasteiger partial charge in [-0.05, 0) is 18.9 Å². The minimum Gasteiger partial charge on any atom is -0.254 e. The van der Waals surface area contributed by atoms with Crippen molar-refractivity contribution in [2.75, 3.05) is 17.8 Å². The van der Waals surface area contributed by atoms with E-state index in [4.69, 9.17) is 0 Å². The second-order valence-electron chi connectivity index (χ2n) is 5.02. The molecule has 1 saturated heterocycles. The molecule has 0 atom stereocenters. The van der Waals surface area contributed by atoms with Crippen molar-refractivity contribution < 1.29 is 8.42 Å². The van der Waals surface area contributed by atoms with E-state index in [0.29, 0.717) is 24.7 Å². The molecular formula is C12H20N4O2S. The van der Waals surface area contributed by atoms with Crippen LogP contribution in [0.25, 0.3) is 0 Å². The Morgan fingerprint density at radius 3 is 2.58 bits per heavy atom. The molecule has 19 heavy (non-hydrogen) atoms. The molecule has 1 fully saturated rings. The van der Waals surface area contributed by atoms with Crippen LogP contribution in [0.15, 0.2) is 12.3 Å². The molecule has 2 rings (SSSR count). The average Bonchev–Trinajstić information content (AvgIpc) is 2.39. The monoisotopic (exact) mass is 284 g/mol. The zero-order valence-corrected chi connectivity index (χ0v) is 12.2. The summed E-state index contributed by atoms with van der Waals surface area (Å²) in [5.74, 6) is 1.14. The summed E-state index contributed by atoms with van der Waals surface area (Å²) in [6, 6.07) is 1.58. The van der Waals surface area contributed by atoms with Crippen molar-refractivity contribution in [2.24, 2.45) is 0 Å². The summed E-state index contributed by atoms with van der Waals surface area (Å²) in [4.78, 5) is 8.35. The standard InChI is InChI=1S/C12H20N4O2S/c1-10(2)12-13-7-6-11(14-12)15-19(17,18)16-8-4-3-5-9-16/h6-7,10H,3-5,8-9H2,1-2H3,(H,13,14,15). The first-order valence-corrected chi connectivity index (χ1v) is 8.04. The minimum atomic E-state index is -3.49. The van der Waals surface area contributed by atoms with Gasteiger partial charge in [0.15, 0.2) is 0 Å². The Morgan fingerprint density at radius 2 is 1.95 bits per heavy atom. The fourth-order valence-electron chi connectivity index (χ4n) is 2.01. The molecule has 106 valence electrons. The largest absolute Gasteiger partial charge is 0.302 e. The molecule has 0 aliphatic carbocycles. The SMILES string of the molecule is CC(C)c1nccc(NS(=O)(=O)N2CCCCC2)n1. The molecule has 0 amide bonds. The molecule has 2 heterocycles. The average molecular weight is 284 g/mol. The van der Waals surface area contributed by atoms with Gasteiger partial charge in [-0.15, -0.1) is 0 Å². The lowest BCUT2D eigenvalue weighted by molar-refractivity contribution is 0.349. The number of hydrogen-bond acceptors (Lipinski definition) is 4. The molecule has 1 aliphatic heterocycles. The van der Waals surface area contributed by atoms with Crippen molar-refractivity contribution in [1.29, 1.82) is 0 Å². The van der Waals surface area contributed by atoms with Crippen LogP contribution < -0.4 is 4.72 Å². The maximum atomic E-state index is 12.2. The molecule has 7 heteroatoms. The highest BCUT2D eigenvalue weighted by Gasteiger charge is 2.24. The van der Waals surface area contributed by atoms with E-state index < -0.39 is 10.2 Å². The summed E-state index contributed by atoms with van der Waals surface area (Å²) in [6.45, 7) is 5.10. The fraction of sp³-hybridized carbons (Fsp3) is 0.667. The predicted molar refractivity (Wildman–Crippen MR) is 74.1 cm³/mol. The van der Waals surface area contributed by atoms with Gasteiger partial charge >= 0.3 is 10.2 Å². The Bertz CT molecular complexity index is 524. The van der Waals surface area contributed by atoms with Crippen LogP contribution in [-0.2, 0) is 10.2 Å². The van der Waals surface area contributed by atoms with E-state index in [1.807, 2.05) is 13.8 Å². The van der Waals surface area contributed by atoms with Crippen molar-refractivity contribution in [1.82, 2.24) is 14.3 Å². The number of rotatable bonds is 4. The van der Waals surface area contributed by atoms with Gasteiger partial charge in [-0.2, -0.15) is 12.7 Å². The zero-order chi connectivity index (χ0) is 13.9. The van der Waals surface area contributed by atoms with Crippen LogP contribution in [0.5, 0.6) is 0 Å². The Labute approximate surface area is 114 Å². The molecule has 1 N–H and O–H groups in total. The van der Waals surface area contributed by atoms with Crippen molar-refractivity contribution in [3.63, 3.8) is 0 Å². The Morgan fingerprint density at radius 1 is 1.26 bits per heavy atom. The molecule has 1 aliphatic rings. The van der Waals surface area contributed by atoms with Crippen LogP contribution in [0.3, 0.4) is 0 Å². The highest BCUT2D eigenvalue weighted by Crippen LogP contribution is 2.16. The summed E-state index contributed by atoms with van der Waals surface area (Å²) in [5, 5.41) is 0. The first-order chi connectivity index (χ1) is 8.99. The predicted octanol–water partition coefficient (Wildman–Crippen LogP) is 1.74. The van der Waals surface area contributed by atoms with Gasteiger partial charge in [-0.25, -0.2) is 9.97 Å². The van der Waals surface area contributed by atoms with Crippen LogP contribution in [0.4, 0.5) is 5.82 Å². The van der Waals surface area contributed by atoms with Crippen molar-refractivity contribution in [3.05, 3.63) is 18.1 Å². The molecule has 0 spiro atoms. The molecule has 0 bridgehead atoms. The van der Waals surface area contributed by atoms with Crippen molar-refractivity contribution >= 4 is 16.0 Å². The third kappa shape index (κ3) is 3.63. The molecule has 0 radical (unpaired) electrons. The molecule has 1 aromatic heterocycles. The summed E-state index contributed by atoms with van der Waals surface area (Å²) in [6.07, 6.45) is 4.51. The van der Waals surface area contributed by atoms with E-state index in [-0.39, 0.29) is 5.92 Å². The highest BCUT2D eigenvalue weighted by molar-refractivity contribution is 7.90. The van der Waals surface area contributed by atoms with E-state index in [1.54, 1.807) is 12.3 Å². The van der Waals surface area contributed by atoms with Gasteiger partial charge in [0.1, 0.15) is 11.6 Å². The number of piperidine rings is 1. The summed E-state index contributed by atoms with van der Waals surface area (Å²) < 4.78 is 28.4. The zero-order valence-electron chi connectivity index (χ0n) is 11.3. The minimum absolute atomic E-state index is 0.166.